The van der Waals surface area contributed by atoms with E-state index in [1.54, 1.807) is 32.6 Å². The Morgan fingerprint density at radius 3 is 1.85 bits per heavy atom. The second-order valence-corrected chi connectivity index (χ2v) is 6.53. The third-order valence-corrected chi connectivity index (χ3v) is 4.21. The molecule has 0 spiro atoms. The van der Waals surface area contributed by atoms with Gasteiger partial charge in [0.15, 0.2) is 0 Å². The molecule has 1 amide bonds. The van der Waals surface area contributed by atoms with Gasteiger partial charge in [0.1, 0.15) is 0 Å². The van der Waals surface area contributed by atoms with Crippen LogP contribution in [0.15, 0.2) is 0 Å². The first-order valence-corrected chi connectivity index (χ1v) is 6.72. The van der Waals surface area contributed by atoms with Crippen LogP contribution in [0.3, 0.4) is 0 Å². The molecule has 0 bridgehead atoms. The molecule has 2 N–H and O–H groups in total. The molecule has 0 aromatic carbocycles. The summed E-state index contributed by atoms with van der Waals surface area (Å²) in [6.07, 6.45) is -4.19. The fourth-order valence-corrected chi connectivity index (χ4v) is 2.03. The standard InChI is InChI=1S/C13H24F3N3O/c1-11(2,12(3,4)17)10(20)19-7-5-18(6-8-19)9-13(14,15)16/h5-9,17H2,1-4H3. The van der Waals surface area contributed by atoms with Crippen LogP contribution in [0, 0.1) is 5.41 Å². The molecule has 1 aliphatic heterocycles. The highest BCUT2D eigenvalue weighted by atomic mass is 19.4. The maximum absolute atomic E-state index is 12.5. The molecule has 7 heteroatoms. The lowest BCUT2D eigenvalue weighted by Crippen LogP contribution is -2.60. The van der Waals surface area contributed by atoms with E-state index in [0.717, 1.165) is 0 Å². The number of carbonyl (C=O) groups is 1. The summed E-state index contributed by atoms with van der Waals surface area (Å²) in [6.45, 7) is 7.31. The van der Waals surface area contributed by atoms with Crippen molar-refractivity contribution in [2.24, 2.45) is 11.1 Å². The summed E-state index contributed by atoms with van der Waals surface area (Å²) in [4.78, 5) is 15.4. The van der Waals surface area contributed by atoms with Crippen LogP contribution in [-0.2, 0) is 4.79 Å². The van der Waals surface area contributed by atoms with E-state index in [2.05, 4.69) is 0 Å². The number of nitrogens with zero attached hydrogens (tertiary/aromatic N) is 2. The average molecular weight is 295 g/mol. The van der Waals surface area contributed by atoms with E-state index in [0.29, 0.717) is 13.1 Å². The zero-order chi connectivity index (χ0) is 15.8. The van der Waals surface area contributed by atoms with Crippen molar-refractivity contribution >= 4 is 5.91 Å². The van der Waals surface area contributed by atoms with Gasteiger partial charge in [0.25, 0.3) is 0 Å². The fraction of sp³-hybridized carbons (Fsp3) is 0.923. The Balaban J connectivity index is 2.60. The predicted octanol–water partition coefficient (Wildman–Crippen LogP) is 1.46. The Morgan fingerprint density at radius 1 is 1.05 bits per heavy atom. The van der Waals surface area contributed by atoms with Crippen molar-refractivity contribution < 1.29 is 18.0 Å². The van der Waals surface area contributed by atoms with Gasteiger partial charge < -0.3 is 10.6 Å². The first-order chi connectivity index (χ1) is 8.84. The van der Waals surface area contributed by atoms with Gasteiger partial charge in [0.05, 0.1) is 12.0 Å². The third-order valence-electron chi connectivity index (χ3n) is 4.21. The maximum Gasteiger partial charge on any atom is 0.401 e. The Hall–Kier alpha value is -0.820. The van der Waals surface area contributed by atoms with Crippen molar-refractivity contribution in [1.29, 1.82) is 0 Å². The average Bonchev–Trinajstić information content (AvgIpc) is 2.25. The summed E-state index contributed by atoms with van der Waals surface area (Å²) < 4.78 is 36.9. The van der Waals surface area contributed by atoms with Crippen LogP contribution in [0.5, 0.6) is 0 Å². The van der Waals surface area contributed by atoms with Gasteiger partial charge in [-0.1, -0.05) is 0 Å². The quantitative estimate of drug-likeness (QED) is 0.857. The summed E-state index contributed by atoms with van der Waals surface area (Å²) in [5.74, 6) is -0.100. The van der Waals surface area contributed by atoms with E-state index < -0.39 is 23.7 Å². The van der Waals surface area contributed by atoms with Crippen LogP contribution in [0.25, 0.3) is 0 Å². The lowest BCUT2D eigenvalue weighted by atomic mass is 9.74. The van der Waals surface area contributed by atoms with Crippen LogP contribution in [-0.4, -0.2) is 60.1 Å². The lowest BCUT2D eigenvalue weighted by Gasteiger charge is -2.43. The number of hydrogen-bond donors (Lipinski definition) is 1. The molecule has 1 rings (SSSR count). The van der Waals surface area contributed by atoms with Gasteiger partial charge in [0.2, 0.25) is 5.91 Å². The number of rotatable bonds is 3. The first-order valence-electron chi connectivity index (χ1n) is 6.72. The van der Waals surface area contributed by atoms with Gasteiger partial charge in [-0.15, -0.1) is 0 Å². The number of amides is 1. The van der Waals surface area contributed by atoms with Gasteiger partial charge in [-0.25, -0.2) is 0 Å². The topological polar surface area (TPSA) is 49.6 Å². The predicted molar refractivity (Wildman–Crippen MR) is 71.1 cm³/mol. The van der Waals surface area contributed by atoms with Crippen molar-refractivity contribution in [3.8, 4) is 0 Å². The Morgan fingerprint density at radius 2 is 1.50 bits per heavy atom. The van der Waals surface area contributed by atoms with Gasteiger partial charge in [-0.2, -0.15) is 13.2 Å². The molecule has 0 aromatic rings. The van der Waals surface area contributed by atoms with Gasteiger partial charge in [-0.05, 0) is 27.7 Å². The SMILES string of the molecule is CC(C)(N)C(C)(C)C(=O)N1CCN(CC(F)(F)F)CC1. The summed E-state index contributed by atoms with van der Waals surface area (Å²) in [7, 11) is 0. The number of piperazine rings is 1. The highest BCUT2D eigenvalue weighted by molar-refractivity contribution is 5.83. The number of carbonyl (C=O) groups excluding carboxylic acids is 1. The van der Waals surface area contributed by atoms with Crippen molar-refractivity contribution in [2.75, 3.05) is 32.7 Å². The van der Waals surface area contributed by atoms with Crippen LogP contribution in [0.4, 0.5) is 13.2 Å². The van der Waals surface area contributed by atoms with Crippen molar-refractivity contribution in [3.05, 3.63) is 0 Å². The molecular weight excluding hydrogens is 271 g/mol. The largest absolute Gasteiger partial charge is 0.401 e. The molecule has 1 saturated heterocycles. The molecule has 0 unspecified atom stereocenters. The van der Waals surface area contributed by atoms with Gasteiger partial charge in [0, 0.05) is 31.7 Å². The highest BCUT2D eigenvalue weighted by Gasteiger charge is 2.43. The minimum absolute atomic E-state index is 0.100. The second-order valence-electron chi connectivity index (χ2n) is 6.53. The van der Waals surface area contributed by atoms with Crippen molar-refractivity contribution in [1.82, 2.24) is 9.80 Å². The summed E-state index contributed by atoms with van der Waals surface area (Å²) >= 11 is 0. The molecular formula is C13H24F3N3O. The molecule has 1 heterocycles. The van der Waals surface area contributed by atoms with Gasteiger partial charge >= 0.3 is 6.18 Å². The molecule has 0 radical (unpaired) electrons. The van der Waals surface area contributed by atoms with E-state index in [9.17, 15) is 18.0 Å². The fourth-order valence-electron chi connectivity index (χ4n) is 2.03. The molecule has 1 fully saturated rings. The molecule has 0 atom stereocenters. The number of alkyl halides is 3. The number of halogens is 3. The molecule has 0 aliphatic carbocycles. The molecule has 0 saturated carbocycles. The summed E-state index contributed by atoms with van der Waals surface area (Å²) in [5, 5.41) is 0. The molecule has 20 heavy (non-hydrogen) atoms. The van der Waals surface area contributed by atoms with E-state index in [4.69, 9.17) is 5.73 Å². The second kappa shape index (κ2) is 5.52. The van der Waals surface area contributed by atoms with E-state index in [1.165, 1.54) is 4.90 Å². The van der Waals surface area contributed by atoms with Crippen LogP contribution < -0.4 is 5.73 Å². The Bertz CT molecular complexity index is 353. The highest BCUT2D eigenvalue weighted by Crippen LogP contribution is 2.31. The zero-order valence-electron chi connectivity index (χ0n) is 12.5. The monoisotopic (exact) mass is 295 g/mol. The first kappa shape index (κ1) is 17.2. The van der Waals surface area contributed by atoms with Crippen molar-refractivity contribution in [3.63, 3.8) is 0 Å². The smallest absolute Gasteiger partial charge is 0.340 e. The van der Waals surface area contributed by atoms with E-state index >= 15 is 0 Å². The molecule has 118 valence electrons. The minimum atomic E-state index is -4.19. The third kappa shape index (κ3) is 4.09. The molecule has 0 aromatic heterocycles. The normalized spacial score (nSPS) is 19.3. The number of hydrogen-bond acceptors (Lipinski definition) is 3. The van der Waals surface area contributed by atoms with Crippen molar-refractivity contribution in [2.45, 2.75) is 39.4 Å². The molecule has 4 nitrogen and oxygen atoms in total. The number of nitrogens with two attached hydrogens (primary N) is 1. The Labute approximate surface area is 118 Å². The minimum Gasteiger partial charge on any atom is -0.340 e. The summed E-state index contributed by atoms with van der Waals surface area (Å²) in [5.41, 5.74) is 4.59. The van der Waals surface area contributed by atoms with Gasteiger partial charge in [-0.3, -0.25) is 9.69 Å². The summed E-state index contributed by atoms with van der Waals surface area (Å²) in [6, 6.07) is 0. The van der Waals surface area contributed by atoms with E-state index in [1.807, 2.05) is 0 Å². The lowest BCUT2D eigenvalue weighted by molar-refractivity contribution is -0.155. The zero-order valence-corrected chi connectivity index (χ0v) is 12.5. The Kier molecular flexibility index (Phi) is 4.76. The van der Waals surface area contributed by atoms with Crippen LogP contribution >= 0.6 is 0 Å². The van der Waals surface area contributed by atoms with Crippen LogP contribution in [0.1, 0.15) is 27.7 Å². The van der Waals surface area contributed by atoms with Crippen LogP contribution in [0.2, 0.25) is 0 Å². The maximum atomic E-state index is 12.5. The van der Waals surface area contributed by atoms with E-state index in [-0.39, 0.29) is 19.0 Å². The molecule has 1 aliphatic rings.